The van der Waals surface area contributed by atoms with Gasteiger partial charge in [-0.3, -0.25) is 0 Å². The number of sulfonamides is 1. The number of hydrogen-bond acceptors (Lipinski definition) is 4. The smallest absolute Gasteiger partial charge is 0.245 e. The van der Waals surface area contributed by atoms with Crippen LogP contribution < -0.4 is 5.32 Å². The highest BCUT2D eigenvalue weighted by molar-refractivity contribution is 8.00. The SMILES string of the molecule is CCNc1ccccc1S(=O)(=O)N1CCSC(CC)C1. The molecule has 4 nitrogen and oxygen atoms in total. The Morgan fingerprint density at radius 1 is 1.35 bits per heavy atom. The highest BCUT2D eigenvalue weighted by atomic mass is 32.2. The summed E-state index contributed by atoms with van der Waals surface area (Å²) in [5, 5.41) is 3.54. The van der Waals surface area contributed by atoms with Crippen molar-refractivity contribution in [3.8, 4) is 0 Å². The molecule has 112 valence electrons. The van der Waals surface area contributed by atoms with Crippen molar-refractivity contribution in [2.75, 3.05) is 30.7 Å². The van der Waals surface area contributed by atoms with Crippen molar-refractivity contribution < 1.29 is 8.42 Å². The molecule has 1 saturated heterocycles. The van der Waals surface area contributed by atoms with E-state index in [1.165, 1.54) is 0 Å². The molecular formula is C14H22N2O2S2. The molecule has 1 heterocycles. The first-order valence-corrected chi connectivity index (χ1v) is 9.53. The summed E-state index contributed by atoms with van der Waals surface area (Å²) in [6, 6.07) is 7.16. The fourth-order valence-electron chi connectivity index (χ4n) is 2.32. The van der Waals surface area contributed by atoms with Gasteiger partial charge in [0.2, 0.25) is 10.0 Å². The normalized spacial score (nSPS) is 20.8. The molecular weight excluding hydrogens is 292 g/mol. The van der Waals surface area contributed by atoms with Crippen molar-refractivity contribution >= 4 is 27.5 Å². The molecule has 0 amide bonds. The van der Waals surface area contributed by atoms with Crippen molar-refractivity contribution in [3.63, 3.8) is 0 Å². The van der Waals surface area contributed by atoms with E-state index in [1.807, 2.05) is 30.8 Å². The van der Waals surface area contributed by atoms with Gasteiger partial charge in [-0.15, -0.1) is 0 Å². The number of nitrogens with one attached hydrogen (secondary N) is 1. The van der Waals surface area contributed by atoms with Crippen molar-refractivity contribution in [1.29, 1.82) is 0 Å². The van der Waals surface area contributed by atoms with Gasteiger partial charge in [0, 0.05) is 30.6 Å². The average Bonchev–Trinajstić information content (AvgIpc) is 2.48. The van der Waals surface area contributed by atoms with Gasteiger partial charge in [0.1, 0.15) is 4.90 Å². The number of rotatable bonds is 5. The van der Waals surface area contributed by atoms with Crippen LogP contribution in [0.1, 0.15) is 20.3 Å². The van der Waals surface area contributed by atoms with Crippen molar-refractivity contribution in [3.05, 3.63) is 24.3 Å². The number of para-hydroxylation sites is 1. The molecule has 0 spiro atoms. The molecule has 1 aliphatic rings. The molecule has 1 N–H and O–H groups in total. The van der Waals surface area contributed by atoms with E-state index >= 15 is 0 Å². The third kappa shape index (κ3) is 3.30. The van der Waals surface area contributed by atoms with Crippen molar-refractivity contribution in [1.82, 2.24) is 4.31 Å². The molecule has 0 aliphatic carbocycles. The second-order valence-corrected chi connectivity index (χ2v) is 8.11. The molecule has 2 rings (SSSR count). The lowest BCUT2D eigenvalue weighted by Crippen LogP contribution is -2.41. The van der Waals surface area contributed by atoms with Gasteiger partial charge >= 0.3 is 0 Å². The lowest BCUT2D eigenvalue weighted by atomic mass is 10.3. The van der Waals surface area contributed by atoms with Crippen molar-refractivity contribution in [2.45, 2.75) is 30.4 Å². The molecule has 1 fully saturated rings. The lowest BCUT2D eigenvalue weighted by Gasteiger charge is -2.31. The minimum absolute atomic E-state index is 0.392. The van der Waals surface area contributed by atoms with E-state index in [-0.39, 0.29) is 0 Å². The topological polar surface area (TPSA) is 49.4 Å². The van der Waals surface area contributed by atoms with Gasteiger partial charge in [-0.25, -0.2) is 8.42 Å². The van der Waals surface area contributed by atoms with Crippen LogP contribution in [-0.2, 0) is 10.0 Å². The summed E-state index contributed by atoms with van der Waals surface area (Å²) >= 11 is 1.87. The number of benzene rings is 1. The largest absolute Gasteiger partial charge is 0.384 e. The molecule has 1 aromatic rings. The van der Waals surface area contributed by atoms with Gasteiger partial charge in [-0.05, 0) is 25.5 Å². The van der Waals surface area contributed by atoms with Gasteiger partial charge in [-0.1, -0.05) is 19.1 Å². The summed E-state index contributed by atoms with van der Waals surface area (Å²) in [6.07, 6.45) is 1.01. The first-order valence-electron chi connectivity index (χ1n) is 7.04. The summed E-state index contributed by atoms with van der Waals surface area (Å²) in [5.74, 6) is 0.876. The monoisotopic (exact) mass is 314 g/mol. The van der Waals surface area contributed by atoms with E-state index in [4.69, 9.17) is 0 Å². The molecule has 0 radical (unpaired) electrons. The predicted octanol–water partition coefficient (Wildman–Crippen LogP) is 2.63. The van der Waals surface area contributed by atoms with Crippen LogP contribution in [0.5, 0.6) is 0 Å². The van der Waals surface area contributed by atoms with Crippen LogP contribution in [0.4, 0.5) is 5.69 Å². The summed E-state index contributed by atoms with van der Waals surface area (Å²) in [4.78, 5) is 0.392. The number of anilines is 1. The molecule has 1 aliphatic heterocycles. The van der Waals surface area contributed by atoms with E-state index < -0.39 is 10.0 Å². The lowest BCUT2D eigenvalue weighted by molar-refractivity contribution is 0.416. The molecule has 1 aromatic carbocycles. The molecule has 1 unspecified atom stereocenters. The highest BCUT2D eigenvalue weighted by Crippen LogP contribution is 2.29. The maximum absolute atomic E-state index is 12.8. The third-order valence-electron chi connectivity index (χ3n) is 3.43. The Hall–Kier alpha value is -0.720. The van der Waals surface area contributed by atoms with Crippen LogP contribution >= 0.6 is 11.8 Å². The Bertz CT molecular complexity index is 546. The second-order valence-electron chi connectivity index (χ2n) is 4.79. The van der Waals surface area contributed by atoms with Crippen LogP contribution in [0.2, 0.25) is 0 Å². The Morgan fingerprint density at radius 2 is 2.10 bits per heavy atom. The van der Waals surface area contributed by atoms with Crippen LogP contribution in [-0.4, -0.2) is 43.4 Å². The van der Waals surface area contributed by atoms with Crippen LogP contribution in [0.3, 0.4) is 0 Å². The fraction of sp³-hybridized carbons (Fsp3) is 0.571. The Labute approximate surface area is 126 Å². The van der Waals surface area contributed by atoms with Gasteiger partial charge in [0.05, 0.1) is 5.69 Å². The second kappa shape index (κ2) is 6.83. The fourth-order valence-corrected chi connectivity index (χ4v) is 5.37. The summed E-state index contributed by atoms with van der Waals surface area (Å²) in [6.45, 7) is 6.00. The number of nitrogens with zero attached hydrogens (tertiary/aromatic N) is 1. The molecule has 6 heteroatoms. The van der Waals surface area contributed by atoms with Crippen molar-refractivity contribution in [2.24, 2.45) is 0 Å². The molecule has 0 aromatic heterocycles. The Morgan fingerprint density at radius 3 is 2.80 bits per heavy atom. The molecule has 1 atom stereocenters. The van der Waals surface area contributed by atoms with Gasteiger partial charge in [0.15, 0.2) is 0 Å². The molecule has 20 heavy (non-hydrogen) atoms. The summed E-state index contributed by atoms with van der Waals surface area (Å²) < 4.78 is 27.3. The zero-order chi connectivity index (χ0) is 14.6. The summed E-state index contributed by atoms with van der Waals surface area (Å²) in [7, 11) is -3.40. The Balaban J connectivity index is 2.30. The quantitative estimate of drug-likeness (QED) is 0.908. The van der Waals surface area contributed by atoms with Crippen LogP contribution in [0, 0.1) is 0 Å². The van der Waals surface area contributed by atoms with E-state index in [0.29, 0.717) is 35.5 Å². The van der Waals surface area contributed by atoms with E-state index in [2.05, 4.69) is 12.2 Å². The van der Waals surface area contributed by atoms with Crippen LogP contribution in [0.15, 0.2) is 29.2 Å². The predicted molar refractivity (Wildman–Crippen MR) is 85.9 cm³/mol. The zero-order valence-corrected chi connectivity index (χ0v) is 13.6. The van der Waals surface area contributed by atoms with Gasteiger partial charge < -0.3 is 5.32 Å². The van der Waals surface area contributed by atoms with E-state index in [9.17, 15) is 8.42 Å². The highest BCUT2D eigenvalue weighted by Gasteiger charge is 2.31. The Kier molecular flexibility index (Phi) is 5.35. The van der Waals surface area contributed by atoms with Gasteiger partial charge in [0.25, 0.3) is 0 Å². The van der Waals surface area contributed by atoms with E-state index in [0.717, 1.165) is 12.2 Å². The average molecular weight is 314 g/mol. The minimum atomic E-state index is -3.40. The minimum Gasteiger partial charge on any atom is -0.384 e. The maximum atomic E-state index is 12.8. The maximum Gasteiger partial charge on any atom is 0.245 e. The van der Waals surface area contributed by atoms with E-state index in [1.54, 1.807) is 16.4 Å². The molecule has 0 bridgehead atoms. The third-order valence-corrected chi connectivity index (χ3v) is 6.72. The molecule has 0 saturated carbocycles. The standard InChI is InChI=1S/C14H22N2O2S2/c1-3-12-11-16(9-10-19-12)20(17,18)14-8-6-5-7-13(14)15-4-2/h5-8,12,15H,3-4,9-11H2,1-2H3. The first kappa shape index (κ1) is 15.7. The van der Waals surface area contributed by atoms with Gasteiger partial charge in [-0.2, -0.15) is 16.1 Å². The first-order chi connectivity index (χ1) is 9.59. The summed E-state index contributed by atoms with van der Waals surface area (Å²) in [5.41, 5.74) is 0.696. The number of hydrogen-bond donors (Lipinski definition) is 1. The zero-order valence-electron chi connectivity index (χ0n) is 12.0. The van der Waals surface area contributed by atoms with Crippen LogP contribution in [0.25, 0.3) is 0 Å². The number of thioether (sulfide) groups is 1.